The average molecular weight is 602 g/mol. The van der Waals surface area contributed by atoms with Gasteiger partial charge < -0.3 is 19.7 Å². The zero-order chi connectivity index (χ0) is 30.2. The number of rotatable bonds is 13. The van der Waals surface area contributed by atoms with Crippen molar-refractivity contribution in [2.24, 2.45) is 0 Å². The molecule has 0 aromatic heterocycles. The number of anilines is 1. The van der Waals surface area contributed by atoms with Gasteiger partial charge in [0.05, 0.1) is 24.8 Å². The van der Waals surface area contributed by atoms with E-state index in [2.05, 4.69) is 5.32 Å². The molecule has 220 valence electrons. The highest BCUT2D eigenvalue weighted by Crippen LogP contribution is 2.27. The predicted octanol–water partition coefficient (Wildman–Crippen LogP) is 4.88. The molecule has 2 atom stereocenters. The second-order valence-corrected chi connectivity index (χ2v) is 11.8. The van der Waals surface area contributed by atoms with Gasteiger partial charge in [-0.3, -0.25) is 13.9 Å². The van der Waals surface area contributed by atoms with Gasteiger partial charge in [0.15, 0.2) is 0 Å². The van der Waals surface area contributed by atoms with E-state index in [1.807, 2.05) is 19.9 Å². The number of hydrogen-bond acceptors (Lipinski definition) is 6. The zero-order valence-corrected chi connectivity index (χ0v) is 25.4. The molecule has 0 aliphatic carbocycles. The minimum atomic E-state index is -4.21. The van der Waals surface area contributed by atoms with E-state index in [4.69, 9.17) is 21.1 Å². The van der Waals surface area contributed by atoms with Crippen LogP contribution >= 0.6 is 11.6 Å². The Labute approximate surface area is 247 Å². The first-order chi connectivity index (χ1) is 19.5. The predicted molar refractivity (Wildman–Crippen MR) is 160 cm³/mol. The van der Waals surface area contributed by atoms with E-state index in [1.165, 1.54) is 55.5 Å². The molecule has 0 unspecified atom stereocenters. The van der Waals surface area contributed by atoms with Crippen LogP contribution in [0.2, 0.25) is 5.02 Å². The van der Waals surface area contributed by atoms with Crippen LogP contribution in [0.4, 0.5) is 5.69 Å². The highest BCUT2D eigenvalue weighted by molar-refractivity contribution is 7.92. The van der Waals surface area contributed by atoms with Gasteiger partial charge in [-0.05, 0) is 86.5 Å². The van der Waals surface area contributed by atoms with Gasteiger partial charge in [0, 0.05) is 17.6 Å². The lowest BCUT2D eigenvalue weighted by molar-refractivity contribution is -0.139. The molecule has 0 heterocycles. The SMILES string of the molecule is CC[C@H](C)NC(=O)[C@@H](C)N(Cc1cccc(OC)c1)C(=O)CN(c1ccc(Cl)cc1)S(=O)(=O)c1ccc(OC)cc1. The van der Waals surface area contributed by atoms with Gasteiger partial charge in [-0.15, -0.1) is 0 Å². The Balaban J connectivity index is 2.03. The van der Waals surface area contributed by atoms with E-state index < -0.39 is 28.5 Å². The molecule has 2 amide bonds. The number of methoxy groups -OCH3 is 2. The van der Waals surface area contributed by atoms with E-state index >= 15 is 0 Å². The Morgan fingerprint density at radius 3 is 2.15 bits per heavy atom. The van der Waals surface area contributed by atoms with Crippen LogP contribution in [0, 0.1) is 0 Å². The number of ether oxygens (including phenoxy) is 2. The van der Waals surface area contributed by atoms with Crippen LogP contribution in [0.5, 0.6) is 11.5 Å². The van der Waals surface area contributed by atoms with Gasteiger partial charge in [0.25, 0.3) is 10.0 Å². The lowest BCUT2D eigenvalue weighted by Crippen LogP contribution is -2.52. The first-order valence-corrected chi connectivity index (χ1v) is 15.0. The number of nitrogens with zero attached hydrogens (tertiary/aromatic N) is 2. The Morgan fingerprint density at radius 1 is 0.927 bits per heavy atom. The van der Waals surface area contributed by atoms with Crippen LogP contribution in [-0.4, -0.2) is 58.0 Å². The summed E-state index contributed by atoms with van der Waals surface area (Å²) in [5.74, 6) is 0.179. The maximum absolute atomic E-state index is 14.0. The van der Waals surface area contributed by atoms with Crippen LogP contribution < -0.4 is 19.1 Å². The van der Waals surface area contributed by atoms with E-state index in [1.54, 1.807) is 37.3 Å². The van der Waals surface area contributed by atoms with E-state index in [9.17, 15) is 18.0 Å². The van der Waals surface area contributed by atoms with Gasteiger partial charge in [-0.1, -0.05) is 30.7 Å². The van der Waals surface area contributed by atoms with Gasteiger partial charge in [0.2, 0.25) is 11.8 Å². The summed E-state index contributed by atoms with van der Waals surface area (Å²) >= 11 is 6.07. The molecular weight excluding hydrogens is 566 g/mol. The van der Waals surface area contributed by atoms with E-state index in [0.29, 0.717) is 22.9 Å². The summed E-state index contributed by atoms with van der Waals surface area (Å²) in [7, 11) is -1.18. The summed E-state index contributed by atoms with van der Waals surface area (Å²) in [5.41, 5.74) is 0.966. The minimum Gasteiger partial charge on any atom is -0.497 e. The van der Waals surface area contributed by atoms with Crippen LogP contribution in [0.25, 0.3) is 0 Å². The van der Waals surface area contributed by atoms with Crippen molar-refractivity contribution in [2.75, 3.05) is 25.1 Å². The number of hydrogen-bond donors (Lipinski definition) is 1. The zero-order valence-electron chi connectivity index (χ0n) is 23.8. The van der Waals surface area contributed by atoms with Gasteiger partial charge in [0.1, 0.15) is 24.1 Å². The van der Waals surface area contributed by atoms with Crippen molar-refractivity contribution < 1.29 is 27.5 Å². The molecule has 0 fully saturated rings. The van der Waals surface area contributed by atoms with E-state index in [-0.39, 0.29) is 29.1 Å². The highest BCUT2D eigenvalue weighted by atomic mass is 35.5. The highest BCUT2D eigenvalue weighted by Gasteiger charge is 2.33. The molecule has 0 radical (unpaired) electrons. The number of amides is 2. The maximum atomic E-state index is 14.0. The molecule has 0 aliphatic rings. The summed E-state index contributed by atoms with van der Waals surface area (Å²) in [6, 6.07) is 18.2. The molecule has 1 N–H and O–H groups in total. The largest absolute Gasteiger partial charge is 0.497 e. The number of carbonyl (C=O) groups excluding carboxylic acids is 2. The molecule has 0 saturated heterocycles. The van der Waals surface area contributed by atoms with Gasteiger partial charge >= 0.3 is 0 Å². The second kappa shape index (κ2) is 14.2. The fourth-order valence-corrected chi connectivity index (χ4v) is 5.57. The molecule has 0 saturated carbocycles. The normalized spacial score (nSPS) is 12.6. The fraction of sp³-hybridized carbons (Fsp3) is 0.333. The van der Waals surface area contributed by atoms with Crippen molar-refractivity contribution in [2.45, 2.75) is 50.7 Å². The molecule has 11 heteroatoms. The number of sulfonamides is 1. The molecule has 3 aromatic carbocycles. The van der Waals surface area contributed by atoms with Crippen LogP contribution in [0.15, 0.2) is 77.7 Å². The molecule has 3 aromatic rings. The van der Waals surface area contributed by atoms with Crippen molar-refractivity contribution >= 4 is 39.1 Å². The Hall–Kier alpha value is -3.76. The smallest absolute Gasteiger partial charge is 0.264 e. The minimum absolute atomic E-state index is 0.0250. The van der Waals surface area contributed by atoms with Crippen LogP contribution in [0.1, 0.15) is 32.8 Å². The lowest BCUT2D eigenvalue weighted by Gasteiger charge is -2.32. The summed E-state index contributed by atoms with van der Waals surface area (Å²) in [4.78, 5) is 28.5. The topological polar surface area (TPSA) is 105 Å². The van der Waals surface area contributed by atoms with Crippen molar-refractivity contribution in [1.29, 1.82) is 0 Å². The molecule has 0 aliphatic heterocycles. The number of nitrogens with one attached hydrogen (secondary N) is 1. The number of carbonyl (C=O) groups is 2. The van der Waals surface area contributed by atoms with Crippen LogP contribution in [0.3, 0.4) is 0 Å². The number of benzene rings is 3. The molecule has 0 spiro atoms. The summed E-state index contributed by atoms with van der Waals surface area (Å²) in [6.45, 7) is 4.95. The molecule has 3 rings (SSSR count). The number of halogens is 1. The third-order valence-electron chi connectivity index (χ3n) is 6.70. The maximum Gasteiger partial charge on any atom is 0.264 e. The van der Waals surface area contributed by atoms with Crippen molar-refractivity contribution in [3.8, 4) is 11.5 Å². The third-order valence-corrected chi connectivity index (χ3v) is 8.74. The monoisotopic (exact) mass is 601 g/mol. The summed E-state index contributed by atoms with van der Waals surface area (Å²) in [5, 5.41) is 3.33. The molecule has 41 heavy (non-hydrogen) atoms. The Bertz CT molecular complexity index is 1430. The summed E-state index contributed by atoms with van der Waals surface area (Å²) in [6.07, 6.45) is 0.715. The molecule has 0 bridgehead atoms. The molecular formula is C30H36ClN3O6S. The Kier molecular flexibility index (Phi) is 11.0. The summed E-state index contributed by atoms with van der Waals surface area (Å²) < 4.78 is 39.3. The van der Waals surface area contributed by atoms with Gasteiger partial charge in [-0.25, -0.2) is 8.42 Å². The quantitative estimate of drug-likeness (QED) is 0.299. The fourth-order valence-electron chi connectivity index (χ4n) is 4.03. The van der Waals surface area contributed by atoms with Crippen molar-refractivity contribution in [3.05, 3.63) is 83.4 Å². The lowest BCUT2D eigenvalue weighted by atomic mass is 10.1. The standard InChI is InChI=1S/C30H36ClN3O6S/c1-6-21(2)32-30(36)22(3)33(19-23-8-7-9-27(18-23)40-5)29(35)20-34(25-12-10-24(31)11-13-25)41(37,38)28-16-14-26(39-4)15-17-28/h7-18,21-22H,6,19-20H2,1-5H3,(H,32,36)/t21-,22+/m0/s1. The second-order valence-electron chi connectivity index (χ2n) is 9.53. The van der Waals surface area contributed by atoms with Crippen molar-refractivity contribution in [1.82, 2.24) is 10.2 Å². The first kappa shape index (κ1) is 31.8. The van der Waals surface area contributed by atoms with Gasteiger partial charge in [-0.2, -0.15) is 0 Å². The average Bonchev–Trinajstić information content (AvgIpc) is 2.98. The third kappa shape index (κ3) is 8.14. The van der Waals surface area contributed by atoms with Crippen LogP contribution in [-0.2, 0) is 26.2 Å². The first-order valence-electron chi connectivity index (χ1n) is 13.1. The van der Waals surface area contributed by atoms with Crippen molar-refractivity contribution in [3.63, 3.8) is 0 Å². The van der Waals surface area contributed by atoms with E-state index in [0.717, 1.165) is 9.87 Å². The molecule has 9 nitrogen and oxygen atoms in total. The Morgan fingerprint density at radius 2 is 1.56 bits per heavy atom.